The second kappa shape index (κ2) is 11.2. The summed E-state index contributed by atoms with van der Waals surface area (Å²) in [7, 11) is 0. The maximum absolute atomic E-state index is 12.9. The van der Waals surface area contributed by atoms with Crippen molar-refractivity contribution in [3.63, 3.8) is 0 Å². The SMILES string of the molecule is Cc1nnc(SCC2=C(C(=O)O)N3C(=O)C(NC(=O)c4ccc(COc5cccc(Cl)c5Cl)o4)C3SC2)s1. The van der Waals surface area contributed by atoms with Crippen LogP contribution in [0.4, 0.5) is 0 Å². The largest absolute Gasteiger partial charge is 0.484 e. The number of nitrogens with zero attached hydrogens (tertiary/aromatic N) is 3. The zero-order chi connectivity index (χ0) is 27.0. The average Bonchev–Trinajstić information content (AvgIpc) is 3.55. The first kappa shape index (κ1) is 26.9. The number of carbonyl (C=O) groups excluding carboxylic acids is 2. The van der Waals surface area contributed by atoms with E-state index in [0.717, 1.165) is 9.35 Å². The van der Waals surface area contributed by atoms with Gasteiger partial charge in [-0.05, 0) is 36.8 Å². The maximum atomic E-state index is 12.9. The van der Waals surface area contributed by atoms with Crippen LogP contribution in [0.2, 0.25) is 10.0 Å². The molecule has 2 aliphatic rings. The highest BCUT2D eigenvalue weighted by molar-refractivity contribution is 8.01. The zero-order valence-corrected chi connectivity index (χ0v) is 23.4. The predicted octanol–water partition coefficient (Wildman–Crippen LogP) is 4.47. The van der Waals surface area contributed by atoms with Crippen molar-refractivity contribution >= 4 is 75.8 Å². The summed E-state index contributed by atoms with van der Waals surface area (Å²) in [6.07, 6.45) is 0. The molecule has 0 saturated carbocycles. The van der Waals surface area contributed by atoms with Crippen LogP contribution in [0, 0.1) is 6.92 Å². The quantitative estimate of drug-likeness (QED) is 0.263. The third-order valence-electron chi connectivity index (χ3n) is 5.59. The summed E-state index contributed by atoms with van der Waals surface area (Å²) in [6, 6.07) is 7.15. The number of amides is 2. The number of benzene rings is 1. The molecule has 2 unspecified atom stereocenters. The number of fused-ring (bicyclic) bond motifs is 1. The van der Waals surface area contributed by atoms with Crippen molar-refractivity contribution in [2.45, 2.75) is 29.3 Å². The first-order valence-corrected chi connectivity index (χ1v) is 14.6. The predicted molar refractivity (Wildman–Crippen MR) is 144 cm³/mol. The van der Waals surface area contributed by atoms with Crippen LogP contribution >= 0.6 is 58.1 Å². The van der Waals surface area contributed by atoms with Gasteiger partial charge in [-0.25, -0.2) is 4.79 Å². The van der Waals surface area contributed by atoms with Crippen LogP contribution in [0.15, 0.2) is 50.4 Å². The molecule has 1 aromatic carbocycles. The minimum Gasteiger partial charge on any atom is -0.484 e. The van der Waals surface area contributed by atoms with Gasteiger partial charge >= 0.3 is 5.97 Å². The highest BCUT2D eigenvalue weighted by Crippen LogP contribution is 2.42. The maximum Gasteiger partial charge on any atom is 0.352 e. The van der Waals surface area contributed by atoms with E-state index in [9.17, 15) is 19.5 Å². The van der Waals surface area contributed by atoms with Crippen molar-refractivity contribution in [1.82, 2.24) is 20.4 Å². The van der Waals surface area contributed by atoms with E-state index < -0.39 is 29.2 Å². The smallest absolute Gasteiger partial charge is 0.352 e. The number of carbonyl (C=O) groups is 3. The molecule has 1 saturated heterocycles. The fraction of sp³-hybridized carbons (Fsp3) is 0.261. The molecule has 2 amide bonds. The number of aliphatic carboxylic acids is 1. The zero-order valence-electron chi connectivity index (χ0n) is 19.5. The Kier molecular flexibility index (Phi) is 7.91. The number of furan rings is 1. The number of β-lactam (4-membered cyclic amide) rings is 1. The Morgan fingerprint density at radius 2 is 2.11 bits per heavy atom. The Morgan fingerprint density at radius 3 is 2.84 bits per heavy atom. The number of nitrogens with one attached hydrogen (secondary N) is 1. The molecule has 2 aliphatic heterocycles. The molecule has 0 spiro atoms. The fourth-order valence-electron chi connectivity index (χ4n) is 3.81. The number of thioether (sulfide) groups is 2. The summed E-state index contributed by atoms with van der Waals surface area (Å²) < 4.78 is 11.9. The van der Waals surface area contributed by atoms with E-state index in [-0.39, 0.29) is 23.1 Å². The van der Waals surface area contributed by atoms with Crippen LogP contribution in [-0.2, 0) is 16.2 Å². The van der Waals surface area contributed by atoms with Gasteiger partial charge in [-0.2, -0.15) is 0 Å². The number of aryl methyl sites for hydroxylation is 1. The number of rotatable bonds is 9. The van der Waals surface area contributed by atoms with Gasteiger partial charge in [-0.1, -0.05) is 52.4 Å². The molecule has 3 aromatic rings. The van der Waals surface area contributed by atoms with E-state index in [4.69, 9.17) is 32.4 Å². The molecule has 0 bridgehead atoms. The van der Waals surface area contributed by atoms with Crippen molar-refractivity contribution in [2.75, 3.05) is 11.5 Å². The molecule has 2 atom stereocenters. The number of aromatic nitrogens is 2. The van der Waals surface area contributed by atoms with Crippen LogP contribution in [0.3, 0.4) is 0 Å². The van der Waals surface area contributed by atoms with Crippen LogP contribution in [0.5, 0.6) is 5.75 Å². The molecule has 15 heteroatoms. The normalized spacial score (nSPS) is 18.7. The molecule has 198 valence electrons. The minimum absolute atomic E-state index is 0.00609. The number of ether oxygens (including phenoxy) is 1. The van der Waals surface area contributed by atoms with Crippen LogP contribution < -0.4 is 10.1 Å². The summed E-state index contributed by atoms with van der Waals surface area (Å²) >= 11 is 16.3. The van der Waals surface area contributed by atoms with E-state index in [0.29, 0.717) is 33.6 Å². The van der Waals surface area contributed by atoms with Gasteiger partial charge in [0.1, 0.15) is 45.3 Å². The number of carboxylic acid groups (broad SMARTS) is 1. The third-order valence-corrected chi connectivity index (χ3v) is 9.78. The minimum atomic E-state index is -1.19. The van der Waals surface area contributed by atoms with Gasteiger partial charge in [-0.3, -0.25) is 14.5 Å². The highest BCUT2D eigenvalue weighted by Gasteiger charge is 2.54. The fourth-order valence-corrected chi connectivity index (χ4v) is 7.46. The van der Waals surface area contributed by atoms with Crippen molar-refractivity contribution in [1.29, 1.82) is 0 Å². The van der Waals surface area contributed by atoms with Crippen LogP contribution in [0.1, 0.15) is 21.3 Å². The van der Waals surface area contributed by atoms with Crippen molar-refractivity contribution in [3.05, 3.63) is 68.2 Å². The lowest BCUT2D eigenvalue weighted by Crippen LogP contribution is -2.70. The Hall–Kier alpha value is -2.71. The van der Waals surface area contributed by atoms with Gasteiger partial charge in [0.25, 0.3) is 11.8 Å². The standard InChI is InChI=1S/C23H18Cl2N4O6S3/c1-10-27-28-23(38-10)37-9-11-8-36-21-17(20(31)29(21)18(11)22(32)33)26-19(30)15-6-5-12(35-15)7-34-14-4-2-3-13(24)16(14)25/h2-6,17,21H,7-9H2,1H3,(H,26,30)(H,32,33). The summed E-state index contributed by atoms with van der Waals surface area (Å²) in [6.45, 7) is 1.85. The van der Waals surface area contributed by atoms with Crippen molar-refractivity contribution < 1.29 is 28.6 Å². The first-order chi connectivity index (χ1) is 18.2. The molecule has 0 aliphatic carbocycles. The van der Waals surface area contributed by atoms with Gasteiger partial charge < -0.3 is 19.6 Å². The lowest BCUT2D eigenvalue weighted by Gasteiger charge is -2.49. The average molecular weight is 614 g/mol. The number of carboxylic acids is 1. The van der Waals surface area contributed by atoms with E-state index in [1.807, 2.05) is 6.92 Å². The topological polar surface area (TPSA) is 135 Å². The molecule has 2 N–H and O–H groups in total. The lowest BCUT2D eigenvalue weighted by molar-refractivity contribution is -0.148. The van der Waals surface area contributed by atoms with E-state index in [2.05, 4.69) is 15.5 Å². The summed E-state index contributed by atoms with van der Waals surface area (Å²) in [5.41, 5.74) is 0.570. The second-order valence-corrected chi connectivity index (χ2v) is 12.4. The monoisotopic (exact) mass is 612 g/mol. The molecule has 4 heterocycles. The van der Waals surface area contributed by atoms with E-state index >= 15 is 0 Å². The van der Waals surface area contributed by atoms with Gasteiger partial charge in [0.15, 0.2) is 10.1 Å². The highest BCUT2D eigenvalue weighted by atomic mass is 35.5. The van der Waals surface area contributed by atoms with Crippen molar-refractivity contribution in [3.8, 4) is 5.75 Å². The molecular weight excluding hydrogens is 595 g/mol. The van der Waals surface area contributed by atoms with Gasteiger partial charge in [0, 0.05) is 11.5 Å². The number of hydrogen-bond acceptors (Lipinski definition) is 10. The summed E-state index contributed by atoms with van der Waals surface area (Å²) in [5.74, 6) is -0.773. The van der Waals surface area contributed by atoms with Gasteiger partial charge in [0.05, 0.1) is 5.02 Å². The molecule has 5 rings (SSSR count). The number of hydrogen-bond donors (Lipinski definition) is 2. The molecule has 0 radical (unpaired) electrons. The Balaban J connectivity index is 1.21. The van der Waals surface area contributed by atoms with Crippen LogP contribution in [-0.4, -0.2) is 60.9 Å². The van der Waals surface area contributed by atoms with E-state index in [1.165, 1.54) is 45.8 Å². The summed E-state index contributed by atoms with van der Waals surface area (Å²) in [4.78, 5) is 39.0. The lowest BCUT2D eigenvalue weighted by atomic mass is 10.0. The third kappa shape index (κ3) is 5.38. The Morgan fingerprint density at radius 1 is 1.29 bits per heavy atom. The molecule has 1 fully saturated rings. The Labute approximate surface area is 238 Å². The summed E-state index contributed by atoms with van der Waals surface area (Å²) in [5, 5.41) is 21.4. The first-order valence-electron chi connectivity index (χ1n) is 11.0. The van der Waals surface area contributed by atoms with Crippen LogP contribution in [0.25, 0.3) is 0 Å². The number of halogens is 2. The second-order valence-electron chi connectivity index (χ2n) is 8.10. The van der Waals surface area contributed by atoms with Crippen molar-refractivity contribution in [2.24, 2.45) is 0 Å². The Bertz CT molecular complexity index is 1460. The molecule has 38 heavy (non-hydrogen) atoms. The molecule has 2 aromatic heterocycles. The van der Waals surface area contributed by atoms with Gasteiger partial charge in [0.2, 0.25) is 0 Å². The van der Waals surface area contributed by atoms with E-state index in [1.54, 1.807) is 24.3 Å². The van der Waals surface area contributed by atoms with Gasteiger partial charge in [-0.15, -0.1) is 22.0 Å². The molecule has 10 nitrogen and oxygen atoms in total. The molecular formula is C23H18Cl2N4O6S3.